The third kappa shape index (κ3) is 8.68. The summed E-state index contributed by atoms with van der Waals surface area (Å²) in [7, 11) is 0. The van der Waals surface area contributed by atoms with Crippen LogP contribution in [0, 0.1) is 0 Å². The van der Waals surface area contributed by atoms with E-state index in [-0.39, 0.29) is 19.2 Å². The Morgan fingerprint density at radius 2 is 1.90 bits per heavy atom. The highest BCUT2D eigenvalue weighted by Gasteiger charge is 2.08. The summed E-state index contributed by atoms with van der Waals surface area (Å²) in [5.74, 6) is -1.01. The van der Waals surface area contributed by atoms with E-state index in [1.54, 1.807) is 0 Å². The number of nitrogens with one attached hydrogen (secondary N) is 3. The van der Waals surface area contributed by atoms with Gasteiger partial charge >= 0.3 is 12.0 Å². The van der Waals surface area contributed by atoms with Crippen molar-refractivity contribution in [3.8, 4) is 0 Å². The van der Waals surface area contributed by atoms with E-state index in [2.05, 4.69) is 20.9 Å². The molecule has 1 aliphatic rings. The number of carbonyl (C=O) groups excluding carboxylic acids is 1. The number of carboxylic acids is 1. The molecule has 0 aliphatic carbocycles. The monoisotopic (exact) mass is 288 g/mol. The van der Waals surface area contributed by atoms with Gasteiger partial charge in [-0.25, -0.2) is 9.59 Å². The molecule has 4 N–H and O–H groups in total. The van der Waals surface area contributed by atoms with Crippen molar-refractivity contribution >= 4 is 12.0 Å². The molecule has 0 aromatic carbocycles. The van der Waals surface area contributed by atoms with E-state index >= 15 is 0 Å². The number of urea groups is 1. The van der Waals surface area contributed by atoms with Crippen molar-refractivity contribution in [3.05, 3.63) is 0 Å². The standard InChI is InChI=1S/C12H24N4O4/c17-11(18)10-20-9-5-15-12(19)14-2-1-6-16-7-3-13-4-8-16/h13H,1-10H2,(H,17,18)(H2,14,15,19). The van der Waals surface area contributed by atoms with Gasteiger partial charge in [0.25, 0.3) is 0 Å². The van der Waals surface area contributed by atoms with Crippen LogP contribution in [-0.4, -0.2) is 81.0 Å². The Morgan fingerprint density at radius 3 is 2.60 bits per heavy atom. The number of carboxylic acid groups (broad SMARTS) is 1. The molecular weight excluding hydrogens is 264 g/mol. The molecule has 0 aromatic heterocycles. The fraction of sp³-hybridized carbons (Fsp3) is 0.833. The zero-order valence-corrected chi connectivity index (χ0v) is 11.7. The largest absolute Gasteiger partial charge is 0.480 e. The fourth-order valence-corrected chi connectivity index (χ4v) is 1.90. The van der Waals surface area contributed by atoms with Crippen LogP contribution in [0.3, 0.4) is 0 Å². The Bertz CT molecular complexity index is 295. The van der Waals surface area contributed by atoms with Crippen LogP contribution in [-0.2, 0) is 9.53 Å². The highest BCUT2D eigenvalue weighted by molar-refractivity contribution is 5.73. The second kappa shape index (κ2) is 10.4. The van der Waals surface area contributed by atoms with Crippen LogP contribution >= 0.6 is 0 Å². The molecule has 116 valence electrons. The lowest BCUT2D eigenvalue weighted by Crippen LogP contribution is -2.44. The maximum atomic E-state index is 11.4. The first-order chi connectivity index (χ1) is 9.68. The number of ether oxygens (including phenoxy) is 1. The maximum absolute atomic E-state index is 11.4. The van der Waals surface area contributed by atoms with Crippen LogP contribution in [0.4, 0.5) is 4.79 Å². The van der Waals surface area contributed by atoms with Crippen LogP contribution in [0.25, 0.3) is 0 Å². The number of piperazine rings is 1. The normalized spacial score (nSPS) is 15.8. The van der Waals surface area contributed by atoms with Crippen molar-refractivity contribution in [2.45, 2.75) is 6.42 Å². The fourth-order valence-electron chi connectivity index (χ4n) is 1.90. The summed E-state index contributed by atoms with van der Waals surface area (Å²) in [5.41, 5.74) is 0. The summed E-state index contributed by atoms with van der Waals surface area (Å²) in [4.78, 5) is 23.9. The molecule has 1 fully saturated rings. The van der Waals surface area contributed by atoms with E-state index in [0.717, 1.165) is 39.1 Å². The van der Waals surface area contributed by atoms with Gasteiger partial charge < -0.3 is 30.7 Å². The minimum atomic E-state index is -1.01. The molecule has 0 atom stereocenters. The van der Waals surface area contributed by atoms with Gasteiger partial charge in [0, 0.05) is 39.3 Å². The SMILES string of the molecule is O=C(O)COCCNC(=O)NCCCN1CCNCC1. The Labute approximate surface area is 118 Å². The molecule has 8 heteroatoms. The van der Waals surface area contributed by atoms with Gasteiger partial charge in [0.15, 0.2) is 0 Å². The lowest BCUT2D eigenvalue weighted by molar-refractivity contribution is -0.142. The van der Waals surface area contributed by atoms with Crippen LogP contribution in [0.15, 0.2) is 0 Å². The third-order valence-corrected chi connectivity index (χ3v) is 2.90. The van der Waals surface area contributed by atoms with E-state index in [4.69, 9.17) is 9.84 Å². The van der Waals surface area contributed by atoms with E-state index in [0.29, 0.717) is 13.1 Å². The Balaban J connectivity index is 1.88. The molecular formula is C12H24N4O4. The number of hydrogen-bond acceptors (Lipinski definition) is 5. The number of carbonyl (C=O) groups is 2. The average molecular weight is 288 g/mol. The first kappa shape index (κ1) is 16.7. The quantitative estimate of drug-likeness (QED) is 0.393. The molecule has 1 saturated heterocycles. The van der Waals surface area contributed by atoms with Crippen molar-refractivity contribution in [2.24, 2.45) is 0 Å². The number of nitrogens with zero attached hydrogens (tertiary/aromatic N) is 1. The highest BCUT2D eigenvalue weighted by Crippen LogP contribution is 1.93. The molecule has 1 rings (SSSR count). The van der Waals surface area contributed by atoms with Crippen LogP contribution in [0.5, 0.6) is 0 Å². The topological polar surface area (TPSA) is 103 Å². The van der Waals surface area contributed by atoms with E-state index < -0.39 is 5.97 Å². The molecule has 1 heterocycles. The van der Waals surface area contributed by atoms with Gasteiger partial charge in [-0.1, -0.05) is 0 Å². The first-order valence-corrected chi connectivity index (χ1v) is 6.93. The van der Waals surface area contributed by atoms with Gasteiger partial charge in [0.1, 0.15) is 6.61 Å². The van der Waals surface area contributed by atoms with Gasteiger partial charge in [-0.3, -0.25) is 0 Å². The van der Waals surface area contributed by atoms with E-state index in [1.165, 1.54) is 0 Å². The predicted octanol–water partition coefficient (Wildman–Crippen LogP) is -1.32. The predicted molar refractivity (Wildman–Crippen MR) is 73.8 cm³/mol. The average Bonchev–Trinajstić information content (AvgIpc) is 2.44. The lowest BCUT2D eigenvalue weighted by Gasteiger charge is -2.27. The molecule has 0 aromatic rings. The van der Waals surface area contributed by atoms with Crippen molar-refractivity contribution in [3.63, 3.8) is 0 Å². The molecule has 0 radical (unpaired) electrons. The molecule has 0 unspecified atom stereocenters. The molecule has 0 bridgehead atoms. The number of rotatable bonds is 9. The lowest BCUT2D eigenvalue weighted by atomic mass is 10.3. The number of hydrogen-bond donors (Lipinski definition) is 4. The Morgan fingerprint density at radius 1 is 1.20 bits per heavy atom. The van der Waals surface area contributed by atoms with E-state index in [1.807, 2.05) is 0 Å². The van der Waals surface area contributed by atoms with Gasteiger partial charge in [-0.05, 0) is 13.0 Å². The molecule has 0 spiro atoms. The van der Waals surface area contributed by atoms with Crippen molar-refractivity contribution < 1.29 is 19.4 Å². The van der Waals surface area contributed by atoms with Gasteiger partial charge in [0.2, 0.25) is 0 Å². The maximum Gasteiger partial charge on any atom is 0.329 e. The van der Waals surface area contributed by atoms with Crippen LogP contribution in [0.2, 0.25) is 0 Å². The summed E-state index contributed by atoms with van der Waals surface area (Å²) in [5, 5.41) is 17.0. The van der Waals surface area contributed by atoms with Crippen LogP contribution in [0.1, 0.15) is 6.42 Å². The van der Waals surface area contributed by atoms with Crippen molar-refractivity contribution in [2.75, 3.05) is 59.0 Å². The summed E-state index contributed by atoms with van der Waals surface area (Å²) >= 11 is 0. The van der Waals surface area contributed by atoms with Crippen molar-refractivity contribution in [1.29, 1.82) is 0 Å². The minimum absolute atomic E-state index is 0.195. The van der Waals surface area contributed by atoms with Crippen LogP contribution < -0.4 is 16.0 Å². The smallest absolute Gasteiger partial charge is 0.329 e. The summed E-state index contributed by atoms with van der Waals surface area (Å²) in [6, 6.07) is -0.246. The summed E-state index contributed by atoms with van der Waals surface area (Å²) in [6.07, 6.45) is 0.920. The second-order valence-electron chi connectivity index (χ2n) is 4.57. The summed E-state index contributed by atoms with van der Waals surface area (Å²) in [6.45, 7) is 5.97. The minimum Gasteiger partial charge on any atom is -0.480 e. The first-order valence-electron chi connectivity index (χ1n) is 6.93. The number of aliphatic carboxylic acids is 1. The highest BCUT2D eigenvalue weighted by atomic mass is 16.5. The molecule has 2 amide bonds. The Hall–Kier alpha value is -1.38. The van der Waals surface area contributed by atoms with Gasteiger partial charge in [-0.2, -0.15) is 0 Å². The van der Waals surface area contributed by atoms with E-state index in [9.17, 15) is 9.59 Å². The molecule has 8 nitrogen and oxygen atoms in total. The number of amides is 2. The molecule has 0 saturated carbocycles. The van der Waals surface area contributed by atoms with Gasteiger partial charge in [0.05, 0.1) is 6.61 Å². The second-order valence-corrected chi connectivity index (χ2v) is 4.57. The molecule has 20 heavy (non-hydrogen) atoms. The molecule has 1 aliphatic heterocycles. The zero-order chi connectivity index (χ0) is 14.6. The Kier molecular flexibility index (Phi) is 8.68. The zero-order valence-electron chi connectivity index (χ0n) is 11.7. The van der Waals surface area contributed by atoms with Crippen molar-refractivity contribution in [1.82, 2.24) is 20.9 Å². The third-order valence-electron chi connectivity index (χ3n) is 2.90. The summed E-state index contributed by atoms with van der Waals surface area (Å²) < 4.78 is 4.80. The van der Waals surface area contributed by atoms with Gasteiger partial charge in [-0.15, -0.1) is 0 Å².